The predicted octanol–water partition coefficient (Wildman–Crippen LogP) is 2.20. The zero-order chi connectivity index (χ0) is 25.3. The van der Waals surface area contributed by atoms with E-state index in [0.29, 0.717) is 31.6 Å². The Hall–Kier alpha value is -2.55. The van der Waals surface area contributed by atoms with Crippen molar-refractivity contribution in [2.75, 3.05) is 13.7 Å². The molecule has 1 aromatic heterocycles. The van der Waals surface area contributed by atoms with E-state index in [2.05, 4.69) is 41.4 Å². The third-order valence-electron chi connectivity index (χ3n) is 6.46. The van der Waals surface area contributed by atoms with Crippen molar-refractivity contribution < 1.29 is 19.1 Å². The van der Waals surface area contributed by atoms with Gasteiger partial charge in [0.05, 0.1) is 13.0 Å². The van der Waals surface area contributed by atoms with Crippen LogP contribution in [0.15, 0.2) is 12.3 Å². The number of esters is 1. The standard InChI is InChI=1S/C25H39N5O4/c1-24(2,3)23-26-12-10-17(28-23)20(31)27-18-11-13-30(21(18)32)19-9-8-15(29-25(4,5)6)14-16(19)22(33)34-7/h10,12,15-16,18-19,29H,8-9,11,13-14H2,1-7H3,(H,27,31)/t15-,16-,18?,19+/m1/s1. The van der Waals surface area contributed by atoms with Crippen LogP contribution in [0.1, 0.15) is 83.5 Å². The van der Waals surface area contributed by atoms with Crippen molar-refractivity contribution in [3.05, 3.63) is 23.8 Å². The molecule has 9 nitrogen and oxygen atoms in total. The van der Waals surface area contributed by atoms with Crippen LogP contribution in [-0.2, 0) is 19.7 Å². The van der Waals surface area contributed by atoms with Crippen LogP contribution in [0.3, 0.4) is 0 Å². The monoisotopic (exact) mass is 473 g/mol. The van der Waals surface area contributed by atoms with Gasteiger partial charge in [0, 0.05) is 35.8 Å². The number of aromatic nitrogens is 2. The van der Waals surface area contributed by atoms with Gasteiger partial charge in [-0.1, -0.05) is 20.8 Å². The van der Waals surface area contributed by atoms with Crippen molar-refractivity contribution in [2.45, 2.75) is 96.3 Å². The van der Waals surface area contributed by atoms with Gasteiger partial charge in [-0.2, -0.15) is 0 Å². The Morgan fingerprint density at radius 3 is 2.44 bits per heavy atom. The molecular formula is C25H39N5O4. The summed E-state index contributed by atoms with van der Waals surface area (Å²) in [6.45, 7) is 12.7. The molecule has 1 saturated carbocycles. The van der Waals surface area contributed by atoms with Crippen molar-refractivity contribution in [3.8, 4) is 0 Å². The predicted molar refractivity (Wildman–Crippen MR) is 128 cm³/mol. The Bertz CT molecular complexity index is 921. The number of rotatable bonds is 5. The Balaban J connectivity index is 1.69. The first kappa shape index (κ1) is 26.1. The van der Waals surface area contributed by atoms with Crippen LogP contribution >= 0.6 is 0 Å². The number of carbonyl (C=O) groups excluding carboxylic acids is 3. The lowest BCUT2D eigenvalue weighted by Crippen LogP contribution is -2.55. The van der Waals surface area contributed by atoms with Crippen LogP contribution in [0.2, 0.25) is 0 Å². The number of nitrogens with one attached hydrogen (secondary N) is 2. The highest BCUT2D eigenvalue weighted by molar-refractivity contribution is 5.96. The molecule has 2 fully saturated rings. The van der Waals surface area contributed by atoms with Gasteiger partial charge in [0.1, 0.15) is 17.6 Å². The second kappa shape index (κ2) is 9.98. The number of ether oxygens (including phenoxy) is 1. The van der Waals surface area contributed by atoms with E-state index in [1.165, 1.54) is 7.11 Å². The first-order valence-corrected chi connectivity index (χ1v) is 12.1. The zero-order valence-electron chi connectivity index (χ0n) is 21.5. The van der Waals surface area contributed by atoms with E-state index < -0.39 is 17.9 Å². The summed E-state index contributed by atoms with van der Waals surface area (Å²) in [6, 6.07) is 0.873. The maximum atomic E-state index is 13.3. The molecule has 1 unspecified atom stereocenters. The van der Waals surface area contributed by atoms with E-state index in [1.54, 1.807) is 17.2 Å². The third kappa shape index (κ3) is 6.11. The van der Waals surface area contributed by atoms with Crippen molar-refractivity contribution in [3.63, 3.8) is 0 Å². The third-order valence-corrected chi connectivity index (χ3v) is 6.46. The van der Waals surface area contributed by atoms with E-state index in [9.17, 15) is 14.4 Å². The topological polar surface area (TPSA) is 114 Å². The van der Waals surface area contributed by atoms with Gasteiger partial charge in [-0.15, -0.1) is 0 Å². The highest BCUT2D eigenvalue weighted by Gasteiger charge is 2.45. The van der Waals surface area contributed by atoms with Crippen molar-refractivity contribution in [1.82, 2.24) is 25.5 Å². The largest absolute Gasteiger partial charge is 0.469 e. The summed E-state index contributed by atoms with van der Waals surface area (Å²) in [5.41, 5.74) is -0.113. The molecule has 0 spiro atoms. The Morgan fingerprint density at radius 1 is 1.12 bits per heavy atom. The number of hydrogen-bond acceptors (Lipinski definition) is 7. The molecule has 1 aromatic rings. The second-order valence-corrected chi connectivity index (χ2v) is 11.5. The minimum absolute atomic E-state index is 0.0646. The normalized spacial score (nSPS) is 25.9. The van der Waals surface area contributed by atoms with Crippen LogP contribution in [0.5, 0.6) is 0 Å². The van der Waals surface area contributed by atoms with Gasteiger partial charge < -0.3 is 20.3 Å². The summed E-state index contributed by atoms with van der Waals surface area (Å²) in [6.07, 6.45) is 4.26. The van der Waals surface area contributed by atoms with E-state index in [0.717, 1.165) is 6.42 Å². The molecule has 0 bridgehead atoms. The fraction of sp³-hybridized carbons (Fsp3) is 0.720. The van der Waals surface area contributed by atoms with E-state index in [1.807, 2.05) is 20.8 Å². The summed E-state index contributed by atoms with van der Waals surface area (Å²) in [4.78, 5) is 49.2. The van der Waals surface area contributed by atoms with Crippen LogP contribution < -0.4 is 10.6 Å². The molecule has 3 rings (SSSR count). The number of likely N-dealkylation sites (tertiary alicyclic amines) is 1. The molecular weight excluding hydrogens is 434 g/mol. The highest BCUT2D eigenvalue weighted by Crippen LogP contribution is 2.33. The van der Waals surface area contributed by atoms with E-state index >= 15 is 0 Å². The molecule has 9 heteroatoms. The molecule has 2 aliphatic rings. The SMILES string of the molecule is COC(=O)[C@@H]1C[C@H](NC(C)(C)C)CC[C@@H]1N1CCC(NC(=O)c2ccnc(C(C)(C)C)n2)C1=O. The van der Waals surface area contributed by atoms with Crippen LogP contribution in [-0.4, -0.2) is 70.0 Å². The molecule has 0 radical (unpaired) electrons. The Kier molecular flexibility index (Phi) is 7.65. The number of nitrogens with zero attached hydrogens (tertiary/aromatic N) is 3. The lowest BCUT2D eigenvalue weighted by atomic mass is 9.80. The molecule has 34 heavy (non-hydrogen) atoms. The minimum atomic E-state index is -0.635. The molecule has 2 heterocycles. The maximum absolute atomic E-state index is 13.3. The van der Waals surface area contributed by atoms with Gasteiger partial charge in [0.2, 0.25) is 5.91 Å². The van der Waals surface area contributed by atoms with Gasteiger partial charge in [0.15, 0.2) is 0 Å². The van der Waals surface area contributed by atoms with Gasteiger partial charge >= 0.3 is 5.97 Å². The summed E-state index contributed by atoms with van der Waals surface area (Å²) in [5.74, 6) is -0.661. The fourth-order valence-electron chi connectivity index (χ4n) is 4.92. The average molecular weight is 474 g/mol. The Labute approximate surface area is 202 Å². The Morgan fingerprint density at radius 2 is 1.82 bits per heavy atom. The maximum Gasteiger partial charge on any atom is 0.310 e. The number of amides is 2. The summed E-state index contributed by atoms with van der Waals surface area (Å²) in [5, 5.41) is 6.42. The molecule has 188 valence electrons. The quantitative estimate of drug-likeness (QED) is 0.630. The first-order valence-electron chi connectivity index (χ1n) is 12.1. The smallest absolute Gasteiger partial charge is 0.310 e. The van der Waals surface area contributed by atoms with E-state index in [-0.39, 0.29) is 40.6 Å². The summed E-state index contributed by atoms with van der Waals surface area (Å²) >= 11 is 0. The molecule has 1 aliphatic heterocycles. The first-order chi connectivity index (χ1) is 15.8. The highest BCUT2D eigenvalue weighted by atomic mass is 16.5. The molecule has 1 saturated heterocycles. The van der Waals surface area contributed by atoms with E-state index in [4.69, 9.17) is 4.74 Å². The number of carbonyl (C=O) groups is 3. The minimum Gasteiger partial charge on any atom is -0.469 e. The zero-order valence-corrected chi connectivity index (χ0v) is 21.5. The fourth-order valence-corrected chi connectivity index (χ4v) is 4.92. The van der Waals surface area contributed by atoms with Crippen molar-refractivity contribution >= 4 is 17.8 Å². The molecule has 4 atom stereocenters. The van der Waals surface area contributed by atoms with Gasteiger partial charge in [0.25, 0.3) is 5.91 Å². The molecule has 1 aliphatic carbocycles. The molecule has 0 aromatic carbocycles. The van der Waals surface area contributed by atoms with Gasteiger partial charge in [-0.25, -0.2) is 9.97 Å². The van der Waals surface area contributed by atoms with Crippen LogP contribution in [0.25, 0.3) is 0 Å². The van der Waals surface area contributed by atoms with Crippen LogP contribution in [0.4, 0.5) is 0 Å². The molecule has 2 amide bonds. The van der Waals surface area contributed by atoms with Crippen LogP contribution in [0, 0.1) is 5.92 Å². The lowest BCUT2D eigenvalue weighted by molar-refractivity contribution is -0.151. The van der Waals surface area contributed by atoms with Gasteiger partial charge in [-0.05, 0) is 52.5 Å². The summed E-state index contributed by atoms with van der Waals surface area (Å²) in [7, 11) is 1.39. The lowest BCUT2D eigenvalue weighted by Gasteiger charge is -2.41. The second-order valence-electron chi connectivity index (χ2n) is 11.5. The van der Waals surface area contributed by atoms with Crippen molar-refractivity contribution in [2.24, 2.45) is 5.92 Å². The number of hydrogen-bond donors (Lipinski definition) is 2. The average Bonchev–Trinajstić information content (AvgIpc) is 3.11. The van der Waals surface area contributed by atoms with Gasteiger partial charge in [-0.3, -0.25) is 14.4 Å². The molecule has 2 N–H and O–H groups in total. The van der Waals surface area contributed by atoms with Crippen molar-refractivity contribution in [1.29, 1.82) is 0 Å². The summed E-state index contributed by atoms with van der Waals surface area (Å²) < 4.78 is 5.09. The number of methoxy groups -OCH3 is 1.